The first-order valence-corrected chi connectivity index (χ1v) is 9.09. The second-order valence-electron chi connectivity index (χ2n) is 7.23. The summed E-state index contributed by atoms with van der Waals surface area (Å²) < 4.78 is 25.6. The second-order valence-corrected chi connectivity index (χ2v) is 9.40. The lowest BCUT2D eigenvalue weighted by atomic mass is 10.0. The van der Waals surface area contributed by atoms with E-state index < -0.39 is 25.3 Å². The van der Waals surface area contributed by atoms with Gasteiger partial charge in [0, 0.05) is 12.3 Å². The van der Waals surface area contributed by atoms with Crippen molar-refractivity contribution in [2.75, 3.05) is 7.05 Å². The largest absolute Gasteiger partial charge is 0.632 e. The molecule has 0 N–H and O–H groups in total. The molecule has 5 heteroatoms. The van der Waals surface area contributed by atoms with Crippen molar-refractivity contribution in [1.29, 1.82) is 0 Å². The second kappa shape index (κ2) is 4.54. The summed E-state index contributed by atoms with van der Waals surface area (Å²) in [5.41, 5.74) is -0.556. The highest BCUT2D eigenvalue weighted by Gasteiger charge is 2.61. The zero-order valence-electron chi connectivity index (χ0n) is 12.8. The smallest absolute Gasteiger partial charge is 0.187 e. The lowest BCUT2D eigenvalue weighted by Crippen LogP contribution is -2.56. The third-order valence-corrected chi connectivity index (χ3v) is 7.60. The van der Waals surface area contributed by atoms with Gasteiger partial charge in [0.05, 0.1) is 17.5 Å². The first-order chi connectivity index (χ1) is 9.68. The van der Waals surface area contributed by atoms with Gasteiger partial charge in [0.2, 0.25) is 0 Å². The molecule has 21 heavy (non-hydrogen) atoms. The minimum absolute atomic E-state index is 0.262. The van der Waals surface area contributed by atoms with Crippen LogP contribution in [-0.4, -0.2) is 36.9 Å². The predicted molar refractivity (Wildman–Crippen MR) is 82.2 cm³/mol. The van der Waals surface area contributed by atoms with Crippen LogP contribution in [0.25, 0.3) is 0 Å². The van der Waals surface area contributed by atoms with E-state index in [0.29, 0.717) is 11.3 Å². The zero-order valence-corrected chi connectivity index (χ0v) is 13.6. The highest BCUT2D eigenvalue weighted by Crippen LogP contribution is 2.52. The number of likely N-dealkylation sites (tertiary alicyclic amines) is 1. The Morgan fingerprint density at radius 3 is 2.29 bits per heavy atom. The van der Waals surface area contributed by atoms with Gasteiger partial charge in [-0.05, 0) is 38.8 Å². The summed E-state index contributed by atoms with van der Waals surface area (Å²) in [5, 5.41) is 12.6. The highest BCUT2D eigenvalue weighted by atomic mass is 32.2. The first kappa shape index (κ1) is 15.0. The van der Waals surface area contributed by atoms with Gasteiger partial charge in [-0.25, -0.2) is 8.42 Å². The summed E-state index contributed by atoms with van der Waals surface area (Å²) >= 11 is 0. The Labute approximate surface area is 126 Å². The molecule has 1 aliphatic carbocycles. The van der Waals surface area contributed by atoms with Crippen LogP contribution in [0, 0.1) is 11.1 Å². The maximum atomic E-state index is 13.1. The fourth-order valence-corrected chi connectivity index (χ4v) is 6.07. The molecule has 1 aliphatic heterocycles. The van der Waals surface area contributed by atoms with Gasteiger partial charge in [-0.2, -0.15) is 0 Å². The predicted octanol–water partition coefficient (Wildman–Crippen LogP) is 2.73. The topological polar surface area (TPSA) is 57.2 Å². The summed E-state index contributed by atoms with van der Waals surface area (Å²) in [5.74, 6) is 0.262. The molecular weight excluding hydrogens is 286 g/mol. The molecule has 0 aromatic heterocycles. The van der Waals surface area contributed by atoms with Crippen LogP contribution in [0.5, 0.6) is 0 Å². The molecule has 3 rings (SSSR count). The van der Waals surface area contributed by atoms with Gasteiger partial charge in [0.25, 0.3) is 0 Å². The molecule has 1 saturated carbocycles. The van der Waals surface area contributed by atoms with Gasteiger partial charge in [-0.1, -0.05) is 18.2 Å². The Morgan fingerprint density at radius 1 is 1.19 bits per heavy atom. The average molecular weight is 309 g/mol. The Hall–Kier alpha value is -0.910. The van der Waals surface area contributed by atoms with Crippen LogP contribution in [0.2, 0.25) is 0 Å². The number of sulfone groups is 1. The van der Waals surface area contributed by atoms with Crippen LogP contribution in [-0.2, 0) is 9.84 Å². The molecule has 0 radical (unpaired) electrons. The fourth-order valence-electron chi connectivity index (χ4n) is 3.74. The van der Waals surface area contributed by atoms with E-state index in [2.05, 4.69) is 0 Å². The summed E-state index contributed by atoms with van der Waals surface area (Å²) in [7, 11) is -1.79. The van der Waals surface area contributed by atoms with Gasteiger partial charge in [0.15, 0.2) is 9.84 Å². The van der Waals surface area contributed by atoms with Crippen LogP contribution >= 0.6 is 0 Å². The summed E-state index contributed by atoms with van der Waals surface area (Å²) in [6, 6.07) is 8.24. The van der Waals surface area contributed by atoms with Crippen LogP contribution < -0.4 is 0 Å². The van der Waals surface area contributed by atoms with Crippen molar-refractivity contribution < 1.29 is 13.1 Å². The number of hydrogen-bond donors (Lipinski definition) is 0. The van der Waals surface area contributed by atoms with E-state index in [4.69, 9.17) is 0 Å². The van der Waals surface area contributed by atoms with Crippen molar-refractivity contribution in [3.05, 3.63) is 35.5 Å². The number of rotatable bonds is 3. The molecule has 116 valence electrons. The van der Waals surface area contributed by atoms with Crippen molar-refractivity contribution in [1.82, 2.24) is 0 Å². The molecule has 3 atom stereocenters. The van der Waals surface area contributed by atoms with E-state index in [1.807, 2.05) is 19.9 Å². The first-order valence-electron chi connectivity index (χ1n) is 7.54. The molecule has 1 aromatic rings. The number of hydrogen-bond acceptors (Lipinski definition) is 3. The molecule has 2 fully saturated rings. The molecule has 0 spiro atoms. The maximum absolute atomic E-state index is 13.1. The zero-order chi connectivity index (χ0) is 15.5. The van der Waals surface area contributed by atoms with E-state index in [1.54, 1.807) is 31.3 Å². The minimum atomic E-state index is -3.45. The van der Waals surface area contributed by atoms with Crippen LogP contribution in [0.3, 0.4) is 0 Å². The maximum Gasteiger partial charge on any atom is 0.187 e. The molecule has 0 unspecified atom stereocenters. The molecule has 1 aromatic carbocycles. The number of quaternary nitrogens is 1. The SMILES string of the molecule is CC1(C)C[C@@H](S(=O)(=O)c2ccccc2)[C@@H](C2CC2)[N@+]1(C)[O-]. The Morgan fingerprint density at radius 2 is 1.76 bits per heavy atom. The number of benzene rings is 1. The lowest BCUT2D eigenvalue weighted by molar-refractivity contribution is -0.920. The van der Waals surface area contributed by atoms with Gasteiger partial charge in [-0.15, -0.1) is 0 Å². The van der Waals surface area contributed by atoms with Gasteiger partial charge in [0.1, 0.15) is 11.3 Å². The molecule has 0 amide bonds. The Kier molecular flexibility index (Phi) is 3.24. The van der Waals surface area contributed by atoms with Crippen molar-refractivity contribution in [2.45, 2.75) is 54.8 Å². The number of nitrogens with zero attached hydrogens (tertiary/aromatic N) is 1. The van der Waals surface area contributed by atoms with Gasteiger partial charge in [-0.3, -0.25) is 0 Å². The van der Waals surface area contributed by atoms with Crippen LogP contribution in [0.15, 0.2) is 35.2 Å². The van der Waals surface area contributed by atoms with E-state index in [0.717, 1.165) is 12.8 Å². The Bertz CT molecular complexity index is 633. The molecular formula is C16H23NO3S. The highest BCUT2D eigenvalue weighted by molar-refractivity contribution is 7.92. The Balaban J connectivity index is 2.05. The molecule has 1 heterocycles. The third-order valence-electron chi connectivity index (χ3n) is 5.43. The van der Waals surface area contributed by atoms with Gasteiger partial charge >= 0.3 is 0 Å². The average Bonchev–Trinajstić information content (AvgIpc) is 3.20. The monoisotopic (exact) mass is 309 g/mol. The summed E-state index contributed by atoms with van der Waals surface area (Å²) in [4.78, 5) is 0.346. The van der Waals surface area contributed by atoms with E-state index in [-0.39, 0.29) is 12.0 Å². The quantitative estimate of drug-likeness (QED) is 0.637. The summed E-state index contributed by atoms with van der Waals surface area (Å²) in [6.45, 7) is 3.80. The molecule has 0 bridgehead atoms. The lowest BCUT2D eigenvalue weighted by Gasteiger charge is -2.50. The van der Waals surface area contributed by atoms with Crippen LogP contribution in [0.4, 0.5) is 0 Å². The van der Waals surface area contributed by atoms with Crippen molar-refractivity contribution in [3.63, 3.8) is 0 Å². The van der Waals surface area contributed by atoms with Gasteiger partial charge < -0.3 is 9.85 Å². The molecule has 1 saturated heterocycles. The number of hydroxylamine groups is 3. The fraction of sp³-hybridized carbons (Fsp3) is 0.625. The van der Waals surface area contributed by atoms with E-state index in [9.17, 15) is 13.6 Å². The minimum Gasteiger partial charge on any atom is -0.632 e. The van der Waals surface area contributed by atoms with Crippen LogP contribution in [0.1, 0.15) is 33.1 Å². The normalized spacial score (nSPS) is 35.8. The third kappa shape index (κ3) is 2.22. The summed E-state index contributed by atoms with van der Waals surface area (Å²) in [6.07, 6.45) is 2.40. The van der Waals surface area contributed by atoms with Crippen molar-refractivity contribution in [2.24, 2.45) is 5.92 Å². The van der Waals surface area contributed by atoms with E-state index >= 15 is 0 Å². The van der Waals surface area contributed by atoms with E-state index in [1.165, 1.54) is 0 Å². The van der Waals surface area contributed by atoms with Crippen molar-refractivity contribution >= 4 is 9.84 Å². The standard InChI is InChI=1S/C16H23NO3S/c1-16(2)11-14(15(12-9-10-12)17(16,3)18)21(19,20)13-7-5-4-6-8-13/h4-8,12,14-15H,9-11H2,1-3H3/t14-,15-,17+/m1/s1. The molecule has 4 nitrogen and oxygen atoms in total. The van der Waals surface area contributed by atoms with Crippen molar-refractivity contribution in [3.8, 4) is 0 Å². The molecule has 2 aliphatic rings.